The second-order valence-corrected chi connectivity index (χ2v) is 5.90. The molecular weight excluding hydrogens is 329 g/mol. The van der Waals surface area contributed by atoms with Gasteiger partial charge >= 0.3 is 6.03 Å². The predicted molar refractivity (Wildman–Crippen MR) is 85.5 cm³/mol. The lowest BCUT2D eigenvalue weighted by Crippen LogP contribution is -2.45. The number of methoxy groups -OCH3 is 1. The molecule has 1 atom stereocenters. The number of primary amides is 1. The highest BCUT2D eigenvalue weighted by molar-refractivity contribution is 6.42. The summed E-state index contributed by atoms with van der Waals surface area (Å²) in [6.45, 7) is 0.879. The van der Waals surface area contributed by atoms with Crippen molar-refractivity contribution in [1.82, 2.24) is 4.90 Å². The van der Waals surface area contributed by atoms with Gasteiger partial charge in [0.05, 0.1) is 28.8 Å². The summed E-state index contributed by atoms with van der Waals surface area (Å²) < 4.78 is 5.18. The minimum absolute atomic E-state index is 0.310. The van der Waals surface area contributed by atoms with Gasteiger partial charge in [0.15, 0.2) is 0 Å². The lowest BCUT2D eigenvalue weighted by atomic mass is 9.98. The third kappa shape index (κ3) is 3.75. The van der Waals surface area contributed by atoms with Crippen LogP contribution < -0.4 is 15.8 Å². The molecule has 0 aliphatic carbocycles. The summed E-state index contributed by atoms with van der Waals surface area (Å²) in [5.41, 5.74) is 5.73. The molecule has 0 saturated carbocycles. The van der Waals surface area contributed by atoms with Crippen molar-refractivity contribution in [2.45, 2.75) is 12.8 Å². The molecule has 22 heavy (non-hydrogen) atoms. The minimum Gasteiger partial charge on any atom is -0.495 e. The number of carbonyl (C=O) groups is 2. The number of nitrogens with one attached hydrogen (secondary N) is 1. The SMILES string of the molecule is COc1cc(Cl)c(Cl)cc1NC(=O)N1CCC[C@@H](C(N)=O)C1. The monoisotopic (exact) mass is 345 g/mol. The topological polar surface area (TPSA) is 84.7 Å². The number of nitrogens with two attached hydrogens (primary N) is 1. The van der Waals surface area contributed by atoms with E-state index in [1.807, 2.05) is 0 Å². The Balaban J connectivity index is 2.11. The number of carbonyl (C=O) groups excluding carboxylic acids is 2. The first-order valence-corrected chi connectivity index (χ1v) is 7.56. The lowest BCUT2D eigenvalue weighted by Gasteiger charge is -2.31. The van der Waals surface area contributed by atoms with E-state index in [0.717, 1.165) is 6.42 Å². The van der Waals surface area contributed by atoms with Crippen LogP contribution in [0.2, 0.25) is 10.0 Å². The molecule has 0 unspecified atom stereocenters. The number of amides is 3. The summed E-state index contributed by atoms with van der Waals surface area (Å²) in [5.74, 6) is -0.286. The van der Waals surface area contributed by atoms with Gasteiger partial charge in [-0.3, -0.25) is 4.79 Å². The summed E-state index contributed by atoms with van der Waals surface area (Å²) in [4.78, 5) is 25.2. The Morgan fingerprint density at radius 1 is 1.36 bits per heavy atom. The van der Waals surface area contributed by atoms with Crippen molar-refractivity contribution in [3.05, 3.63) is 22.2 Å². The van der Waals surface area contributed by atoms with Crippen LogP contribution in [0.15, 0.2) is 12.1 Å². The first-order chi connectivity index (χ1) is 10.4. The van der Waals surface area contributed by atoms with Gasteiger partial charge in [0.1, 0.15) is 5.75 Å². The maximum Gasteiger partial charge on any atom is 0.321 e. The number of urea groups is 1. The largest absolute Gasteiger partial charge is 0.495 e. The highest BCUT2D eigenvalue weighted by atomic mass is 35.5. The highest BCUT2D eigenvalue weighted by Crippen LogP contribution is 2.34. The highest BCUT2D eigenvalue weighted by Gasteiger charge is 2.27. The van der Waals surface area contributed by atoms with Crippen molar-refractivity contribution in [3.63, 3.8) is 0 Å². The number of halogens is 2. The van der Waals surface area contributed by atoms with E-state index in [2.05, 4.69) is 5.32 Å². The van der Waals surface area contributed by atoms with E-state index in [1.54, 1.807) is 4.90 Å². The Bertz CT molecular complexity index is 595. The molecule has 1 saturated heterocycles. The number of anilines is 1. The quantitative estimate of drug-likeness (QED) is 0.883. The molecule has 6 nitrogen and oxygen atoms in total. The van der Waals surface area contributed by atoms with Crippen molar-refractivity contribution in [2.75, 3.05) is 25.5 Å². The third-order valence-electron chi connectivity index (χ3n) is 3.59. The average Bonchev–Trinajstić information content (AvgIpc) is 2.50. The number of likely N-dealkylation sites (tertiary alicyclic amines) is 1. The van der Waals surface area contributed by atoms with Gasteiger partial charge in [0.2, 0.25) is 5.91 Å². The van der Waals surface area contributed by atoms with E-state index in [4.69, 9.17) is 33.7 Å². The molecule has 0 spiro atoms. The zero-order chi connectivity index (χ0) is 16.3. The fraction of sp³-hybridized carbons (Fsp3) is 0.429. The van der Waals surface area contributed by atoms with Crippen LogP contribution in [-0.2, 0) is 4.79 Å². The molecule has 0 aromatic heterocycles. The molecule has 0 radical (unpaired) electrons. The zero-order valence-corrected chi connectivity index (χ0v) is 13.6. The number of nitrogens with zero attached hydrogens (tertiary/aromatic N) is 1. The second kappa shape index (κ2) is 7.07. The molecule has 1 aromatic carbocycles. The van der Waals surface area contributed by atoms with E-state index in [0.29, 0.717) is 41.0 Å². The molecule has 3 N–H and O–H groups in total. The average molecular weight is 346 g/mol. The molecule has 1 aliphatic rings. The van der Waals surface area contributed by atoms with E-state index in [-0.39, 0.29) is 17.9 Å². The van der Waals surface area contributed by atoms with E-state index < -0.39 is 0 Å². The maximum atomic E-state index is 12.3. The van der Waals surface area contributed by atoms with E-state index in [9.17, 15) is 9.59 Å². The van der Waals surface area contributed by atoms with Gasteiger partial charge in [-0.1, -0.05) is 23.2 Å². The molecule has 1 aliphatic heterocycles. The molecule has 2 rings (SSSR count). The smallest absolute Gasteiger partial charge is 0.321 e. The van der Waals surface area contributed by atoms with Gasteiger partial charge in [0, 0.05) is 19.2 Å². The molecular formula is C14H17Cl2N3O3. The standard InChI is InChI=1S/C14H17Cl2N3O3/c1-22-12-6-10(16)9(15)5-11(12)18-14(21)19-4-2-3-8(7-19)13(17)20/h5-6,8H,2-4,7H2,1H3,(H2,17,20)(H,18,21)/t8-/m1/s1. The summed E-state index contributed by atoms with van der Waals surface area (Å²) >= 11 is 11.9. The molecule has 1 heterocycles. The number of ether oxygens (including phenoxy) is 1. The Labute approximate surface area is 138 Å². The van der Waals surface area contributed by atoms with Crippen molar-refractivity contribution >= 4 is 40.8 Å². The summed E-state index contributed by atoms with van der Waals surface area (Å²) in [6, 6.07) is 2.72. The number of benzene rings is 1. The van der Waals surface area contributed by atoms with Crippen molar-refractivity contribution in [3.8, 4) is 5.75 Å². The molecule has 1 aromatic rings. The van der Waals surface area contributed by atoms with Crippen LogP contribution >= 0.6 is 23.2 Å². The number of hydrogen-bond donors (Lipinski definition) is 2. The van der Waals surface area contributed by atoms with Gasteiger partial charge in [-0.05, 0) is 18.9 Å². The van der Waals surface area contributed by atoms with Gasteiger partial charge in [-0.25, -0.2) is 4.79 Å². The van der Waals surface area contributed by atoms with E-state index in [1.165, 1.54) is 19.2 Å². The number of piperidine rings is 1. The van der Waals surface area contributed by atoms with Gasteiger partial charge in [-0.2, -0.15) is 0 Å². The zero-order valence-electron chi connectivity index (χ0n) is 12.1. The molecule has 8 heteroatoms. The lowest BCUT2D eigenvalue weighted by molar-refractivity contribution is -0.123. The molecule has 120 valence electrons. The van der Waals surface area contributed by atoms with Crippen molar-refractivity contribution < 1.29 is 14.3 Å². The van der Waals surface area contributed by atoms with Crippen LogP contribution in [0.1, 0.15) is 12.8 Å². The predicted octanol–water partition coefficient (Wildman–Crippen LogP) is 2.73. The number of rotatable bonds is 3. The Morgan fingerprint density at radius 3 is 2.68 bits per heavy atom. The van der Waals surface area contributed by atoms with Gasteiger partial charge in [0.25, 0.3) is 0 Å². The summed E-state index contributed by atoms with van der Waals surface area (Å²) in [6.07, 6.45) is 1.44. The molecule has 1 fully saturated rings. The molecule has 3 amide bonds. The Kier molecular flexibility index (Phi) is 5.37. The summed E-state index contributed by atoms with van der Waals surface area (Å²) in [5, 5.41) is 3.37. The number of hydrogen-bond acceptors (Lipinski definition) is 3. The van der Waals surface area contributed by atoms with Gasteiger partial charge < -0.3 is 20.7 Å². The van der Waals surface area contributed by atoms with E-state index >= 15 is 0 Å². The fourth-order valence-electron chi connectivity index (χ4n) is 2.38. The van der Waals surface area contributed by atoms with Crippen LogP contribution in [0.5, 0.6) is 5.75 Å². The normalized spacial score (nSPS) is 18.0. The fourth-order valence-corrected chi connectivity index (χ4v) is 2.70. The van der Waals surface area contributed by atoms with Crippen LogP contribution in [0.4, 0.5) is 10.5 Å². The Hall–Kier alpha value is -1.66. The maximum absolute atomic E-state index is 12.3. The first-order valence-electron chi connectivity index (χ1n) is 6.80. The van der Waals surface area contributed by atoms with Crippen molar-refractivity contribution in [2.24, 2.45) is 11.7 Å². The first kappa shape index (κ1) is 16.7. The minimum atomic E-state index is -0.385. The van der Waals surface area contributed by atoms with Crippen LogP contribution in [0.25, 0.3) is 0 Å². The molecule has 0 bridgehead atoms. The summed E-state index contributed by atoms with van der Waals surface area (Å²) in [7, 11) is 1.47. The van der Waals surface area contributed by atoms with Crippen molar-refractivity contribution in [1.29, 1.82) is 0 Å². The Morgan fingerprint density at radius 2 is 2.05 bits per heavy atom. The van der Waals surface area contributed by atoms with Gasteiger partial charge in [-0.15, -0.1) is 0 Å². The van der Waals surface area contributed by atoms with Crippen LogP contribution in [0.3, 0.4) is 0 Å². The second-order valence-electron chi connectivity index (χ2n) is 5.08. The van der Waals surface area contributed by atoms with Crippen LogP contribution in [0, 0.1) is 5.92 Å². The third-order valence-corrected chi connectivity index (χ3v) is 4.32. The van der Waals surface area contributed by atoms with Crippen LogP contribution in [-0.4, -0.2) is 37.0 Å².